The summed E-state index contributed by atoms with van der Waals surface area (Å²) in [5.41, 5.74) is 0.470. The molecule has 0 radical (unpaired) electrons. The molecule has 1 fully saturated rings. The van der Waals surface area contributed by atoms with Crippen LogP contribution in [0.25, 0.3) is 0 Å². The van der Waals surface area contributed by atoms with Crippen molar-refractivity contribution in [2.75, 3.05) is 32.8 Å². The third kappa shape index (κ3) is 3.22. The minimum Gasteiger partial charge on any atom is -0.450 e. The first kappa shape index (κ1) is 15.1. The lowest BCUT2D eigenvalue weighted by atomic mass is 10.3. The molecule has 0 aromatic carbocycles. The molecule has 0 N–H and O–H groups in total. The first-order valence-corrected chi connectivity index (χ1v) is 7.51. The summed E-state index contributed by atoms with van der Waals surface area (Å²) in [5, 5.41) is 4.18. The fraction of sp³-hybridized carbons (Fsp3) is 0.583. The summed E-state index contributed by atoms with van der Waals surface area (Å²) in [6.07, 6.45) is 1.50. The second-order valence-corrected chi connectivity index (χ2v) is 5.64. The van der Waals surface area contributed by atoms with Gasteiger partial charge in [0.1, 0.15) is 0 Å². The lowest BCUT2D eigenvalue weighted by Gasteiger charge is -2.33. The molecule has 2 rings (SSSR count). The maximum absolute atomic E-state index is 12.3. The third-order valence-corrected chi connectivity index (χ3v) is 3.87. The summed E-state index contributed by atoms with van der Waals surface area (Å²) in [4.78, 5) is 27.3. The van der Waals surface area contributed by atoms with Crippen molar-refractivity contribution in [3.63, 3.8) is 0 Å². The zero-order valence-electron chi connectivity index (χ0n) is 11.5. The van der Waals surface area contributed by atoms with E-state index in [1.54, 1.807) is 28.5 Å². The van der Waals surface area contributed by atoms with E-state index in [9.17, 15) is 9.59 Å². The van der Waals surface area contributed by atoms with Crippen LogP contribution in [0.4, 0.5) is 4.79 Å². The van der Waals surface area contributed by atoms with Gasteiger partial charge in [0.15, 0.2) is 5.69 Å². The maximum Gasteiger partial charge on any atom is 0.409 e. The second-order valence-electron chi connectivity index (χ2n) is 4.48. The van der Waals surface area contributed by atoms with Crippen molar-refractivity contribution in [1.82, 2.24) is 19.6 Å². The largest absolute Gasteiger partial charge is 0.450 e. The van der Waals surface area contributed by atoms with Crippen molar-refractivity contribution >= 4 is 34.6 Å². The van der Waals surface area contributed by atoms with Crippen LogP contribution in [0.2, 0.25) is 0 Å². The van der Waals surface area contributed by atoms with Crippen molar-refractivity contribution in [3.05, 3.63) is 15.5 Å². The highest BCUT2D eigenvalue weighted by Crippen LogP contribution is 2.14. The van der Waals surface area contributed by atoms with Gasteiger partial charge in [-0.15, -0.1) is 0 Å². The number of nitrogens with zero attached hydrogens (tertiary/aromatic N) is 4. The number of ether oxygens (including phenoxy) is 1. The number of rotatable bonds is 2. The van der Waals surface area contributed by atoms with Crippen LogP contribution in [0.1, 0.15) is 17.4 Å². The van der Waals surface area contributed by atoms with E-state index in [2.05, 4.69) is 27.7 Å². The van der Waals surface area contributed by atoms with E-state index in [0.717, 1.165) is 3.57 Å². The normalized spacial score (nSPS) is 15.3. The molecule has 0 aliphatic carbocycles. The van der Waals surface area contributed by atoms with Crippen LogP contribution < -0.4 is 0 Å². The summed E-state index contributed by atoms with van der Waals surface area (Å²) in [6, 6.07) is 0. The molecule has 2 heterocycles. The van der Waals surface area contributed by atoms with Crippen molar-refractivity contribution in [2.45, 2.75) is 6.92 Å². The van der Waals surface area contributed by atoms with Crippen LogP contribution in [0.5, 0.6) is 0 Å². The molecular weight excluding hydrogens is 375 g/mol. The Hall–Kier alpha value is -1.32. The van der Waals surface area contributed by atoms with E-state index in [0.29, 0.717) is 38.5 Å². The molecule has 1 aliphatic heterocycles. The van der Waals surface area contributed by atoms with Crippen LogP contribution in [-0.4, -0.2) is 64.4 Å². The lowest BCUT2D eigenvalue weighted by Crippen LogP contribution is -2.50. The van der Waals surface area contributed by atoms with E-state index in [-0.39, 0.29) is 12.0 Å². The Labute approximate surface area is 131 Å². The highest BCUT2D eigenvalue weighted by atomic mass is 127. The van der Waals surface area contributed by atoms with Crippen LogP contribution in [0.3, 0.4) is 0 Å². The van der Waals surface area contributed by atoms with E-state index in [1.165, 1.54) is 0 Å². The molecule has 0 bridgehead atoms. The van der Waals surface area contributed by atoms with Crippen LogP contribution in [0.15, 0.2) is 6.20 Å². The quantitative estimate of drug-likeness (QED) is 0.703. The monoisotopic (exact) mass is 392 g/mol. The van der Waals surface area contributed by atoms with Gasteiger partial charge in [-0.3, -0.25) is 9.48 Å². The van der Waals surface area contributed by atoms with Crippen molar-refractivity contribution in [1.29, 1.82) is 0 Å². The van der Waals surface area contributed by atoms with Gasteiger partial charge >= 0.3 is 6.09 Å². The topological polar surface area (TPSA) is 67.7 Å². The molecule has 0 atom stereocenters. The zero-order chi connectivity index (χ0) is 14.7. The third-order valence-electron chi connectivity index (χ3n) is 3.08. The summed E-state index contributed by atoms with van der Waals surface area (Å²) in [7, 11) is 1.79. The van der Waals surface area contributed by atoms with Crippen molar-refractivity contribution in [2.24, 2.45) is 7.05 Å². The lowest BCUT2D eigenvalue weighted by molar-refractivity contribution is 0.0564. The van der Waals surface area contributed by atoms with Crippen LogP contribution in [-0.2, 0) is 11.8 Å². The molecule has 8 heteroatoms. The molecule has 1 aromatic heterocycles. The Kier molecular flexibility index (Phi) is 4.84. The Morgan fingerprint density at radius 1 is 1.30 bits per heavy atom. The number of halogens is 1. The van der Waals surface area contributed by atoms with Crippen LogP contribution in [0, 0.1) is 3.57 Å². The minimum absolute atomic E-state index is 0.0847. The molecule has 7 nitrogen and oxygen atoms in total. The zero-order valence-corrected chi connectivity index (χ0v) is 13.7. The number of hydrogen-bond acceptors (Lipinski definition) is 4. The minimum atomic E-state index is -0.313. The Morgan fingerprint density at radius 3 is 2.40 bits per heavy atom. The summed E-state index contributed by atoms with van der Waals surface area (Å²) in [5.74, 6) is -0.0847. The van der Waals surface area contributed by atoms with Crippen molar-refractivity contribution < 1.29 is 14.3 Å². The van der Waals surface area contributed by atoms with Gasteiger partial charge in [0, 0.05) is 39.4 Å². The highest BCUT2D eigenvalue weighted by molar-refractivity contribution is 14.1. The van der Waals surface area contributed by atoms with E-state index < -0.39 is 0 Å². The molecule has 1 aromatic rings. The van der Waals surface area contributed by atoms with Crippen molar-refractivity contribution in [3.8, 4) is 0 Å². The molecular formula is C12H17IN4O3. The molecule has 110 valence electrons. The number of carbonyl (C=O) groups excluding carboxylic acids is 2. The summed E-state index contributed by atoms with van der Waals surface area (Å²) < 4.78 is 7.42. The fourth-order valence-electron chi connectivity index (χ4n) is 2.06. The van der Waals surface area contributed by atoms with Gasteiger partial charge in [-0.1, -0.05) is 0 Å². The van der Waals surface area contributed by atoms with E-state index in [4.69, 9.17) is 4.74 Å². The number of hydrogen-bond donors (Lipinski definition) is 0. The average molecular weight is 392 g/mol. The van der Waals surface area contributed by atoms with Gasteiger partial charge in [-0.2, -0.15) is 5.10 Å². The molecule has 0 unspecified atom stereocenters. The van der Waals surface area contributed by atoms with Gasteiger partial charge in [0.2, 0.25) is 0 Å². The first-order valence-electron chi connectivity index (χ1n) is 6.43. The Balaban J connectivity index is 1.95. The molecule has 0 spiro atoms. The average Bonchev–Trinajstić information content (AvgIpc) is 2.77. The SMILES string of the molecule is CCOC(=O)N1CCN(C(=O)c2nn(C)cc2I)CC1. The standard InChI is InChI=1S/C12H17IN4O3/c1-3-20-12(19)17-6-4-16(5-7-17)11(18)10-9(13)8-15(2)14-10/h8H,3-7H2,1-2H3. The molecule has 0 saturated carbocycles. The predicted octanol–water partition coefficient (Wildman–Crippen LogP) is 0.939. The van der Waals surface area contributed by atoms with Gasteiger partial charge in [-0.25, -0.2) is 4.79 Å². The maximum atomic E-state index is 12.3. The second kappa shape index (κ2) is 6.42. The van der Waals surface area contributed by atoms with E-state index >= 15 is 0 Å². The predicted molar refractivity (Wildman–Crippen MR) is 80.4 cm³/mol. The Morgan fingerprint density at radius 2 is 1.90 bits per heavy atom. The number of aromatic nitrogens is 2. The van der Waals surface area contributed by atoms with E-state index in [1.807, 2.05) is 6.20 Å². The number of amides is 2. The molecule has 1 saturated heterocycles. The fourth-order valence-corrected chi connectivity index (χ4v) is 2.80. The smallest absolute Gasteiger partial charge is 0.409 e. The number of piperazine rings is 1. The first-order chi connectivity index (χ1) is 9.52. The number of aryl methyl sites for hydroxylation is 1. The van der Waals surface area contributed by atoms with Gasteiger partial charge in [0.05, 0.1) is 10.2 Å². The molecule has 2 amide bonds. The summed E-state index contributed by atoms with van der Waals surface area (Å²) >= 11 is 2.10. The van der Waals surface area contributed by atoms with Crippen LogP contribution >= 0.6 is 22.6 Å². The summed E-state index contributed by atoms with van der Waals surface area (Å²) in [6.45, 7) is 4.14. The van der Waals surface area contributed by atoms with Gasteiger partial charge in [0.25, 0.3) is 5.91 Å². The highest BCUT2D eigenvalue weighted by Gasteiger charge is 2.27. The Bertz CT molecular complexity index is 509. The van der Waals surface area contributed by atoms with Gasteiger partial charge < -0.3 is 14.5 Å². The molecule has 20 heavy (non-hydrogen) atoms. The van der Waals surface area contributed by atoms with Gasteiger partial charge in [-0.05, 0) is 29.5 Å². The molecule has 1 aliphatic rings. The number of carbonyl (C=O) groups is 2.